The minimum absolute atomic E-state index is 0.697. The van der Waals surface area contributed by atoms with Crippen molar-refractivity contribution < 1.29 is 0 Å². The van der Waals surface area contributed by atoms with Crippen molar-refractivity contribution in [3.05, 3.63) is 71.8 Å². The average molecular weight is 374 g/mol. The normalized spacial score (nSPS) is 28.9. The molecule has 0 N–H and O–H groups in total. The second kappa shape index (κ2) is 11.1. The maximum absolute atomic E-state index is 8.52. The smallest absolute Gasteiger partial charge is 0.0912 e. The highest BCUT2D eigenvalue weighted by atomic mass is 14.3. The molecule has 28 heavy (non-hydrogen) atoms. The lowest BCUT2D eigenvalue weighted by Crippen LogP contribution is -2.14. The molecule has 0 heterocycles. The number of hydrogen-bond donors (Lipinski definition) is 0. The van der Waals surface area contributed by atoms with E-state index in [0.29, 0.717) is 5.92 Å². The lowest BCUT2D eigenvalue weighted by molar-refractivity contribution is 0.348. The first kappa shape index (κ1) is 20.7. The van der Waals surface area contributed by atoms with Gasteiger partial charge in [0.1, 0.15) is 0 Å². The van der Waals surface area contributed by atoms with Crippen molar-refractivity contribution in [2.24, 2.45) is 17.8 Å². The zero-order valence-corrected chi connectivity index (χ0v) is 17.4. The molecule has 1 aromatic rings. The van der Waals surface area contributed by atoms with Gasteiger partial charge in [0.25, 0.3) is 0 Å². The van der Waals surface area contributed by atoms with E-state index in [9.17, 15) is 0 Å². The number of aryl methyl sites for hydroxylation is 1. The lowest BCUT2D eigenvalue weighted by Gasteiger charge is -2.28. The molecule has 0 amide bonds. The molecule has 1 nitrogen and oxygen atoms in total. The quantitative estimate of drug-likeness (QED) is 0.287. The van der Waals surface area contributed by atoms with Crippen LogP contribution in [0.5, 0.6) is 0 Å². The monoisotopic (exact) mass is 373 g/mol. The molecule has 2 aliphatic rings. The van der Waals surface area contributed by atoms with Crippen LogP contribution < -0.4 is 0 Å². The Kier molecular flexibility index (Phi) is 8.16. The highest BCUT2D eigenvalue weighted by molar-refractivity contribution is 5.26. The zero-order valence-electron chi connectivity index (χ0n) is 17.4. The van der Waals surface area contributed by atoms with E-state index in [1.807, 2.05) is 18.2 Å². The predicted octanol–water partition coefficient (Wildman–Crippen LogP) is 7.52. The van der Waals surface area contributed by atoms with E-state index in [-0.39, 0.29) is 0 Å². The van der Waals surface area contributed by atoms with Gasteiger partial charge >= 0.3 is 0 Å². The molecule has 2 saturated carbocycles. The Morgan fingerprint density at radius 1 is 0.786 bits per heavy atom. The van der Waals surface area contributed by atoms with Crippen LogP contribution in [0.15, 0.2) is 60.7 Å². The minimum atomic E-state index is 0.697. The Hall–Kier alpha value is -2.07. The molecule has 0 radical (unpaired) electrons. The van der Waals surface area contributed by atoms with E-state index in [4.69, 9.17) is 5.26 Å². The molecule has 2 aliphatic carbocycles. The van der Waals surface area contributed by atoms with Gasteiger partial charge in [-0.25, -0.2) is 0 Å². The van der Waals surface area contributed by atoms with E-state index in [2.05, 4.69) is 49.4 Å². The van der Waals surface area contributed by atoms with Gasteiger partial charge in [-0.1, -0.05) is 61.6 Å². The molecule has 1 aromatic carbocycles. The van der Waals surface area contributed by atoms with Crippen LogP contribution in [0.3, 0.4) is 0 Å². The topological polar surface area (TPSA) is 23.8 Å². The highest BCUT2D eigenvalue weighted by Gasteiger charge is 2.22. The number of hydrogen-bond acceptors (Lipinski definition) is 1. The maximum Gasteiger partial charge on any atom is 0.0912 e. The fourth-order valence-corrected chi connectivity index (χ4v) is 4.83. The second-order valence-corrected chi connectivity index (χ2v) is 8.64. The molecule has 0 saturated heterocycles. The van der Waals surface area contributed by atoms with Crippen molar-refractivity contribution in [2.75, 3.05) is 0 Å². The van der Waals surface area contributed by atoms with Crippen LogP contribution in [0.4, 0.5) is 0 Å². The summed E-state index contributed by atoms with van der Waals surface area (Å²) in [7, 11) is 0. The summed E-state index contributed by atoms with van der Waals surface area (Å²) in [5.74, 6) is 3.04. The summed E-state index contributed by atoms with van der Waals surface area (Å²) in [6.07, 6.45) is 24.5. The van der Waals surface area contributed by atoms with Crippen molar-refractivity contribution in [1.29, 1.82) is 5.26 Å². The van der Waals surface area contributed by atoms with Gasteiger partial charge in [-0.05, 0) is 92.6 Å². The predicted molar refractivity (Wildman–Crippen MR) is 119 cm³/mol. The van der Waals surface area contributed by atoms with Gasteiger partial charge in [0.2, 0.25) is 0 Å². The lowest BCUT2D eigenvalue weighted by atomic mass is 9.77. The Bertz CT molecular complexity index is 700. The standard InChI is InChI=1S/C27H35N/c1-2-22-13-17-26(18-14-22)27-19-15-25(16-20-27)12-11-24-9-7-23(8-10-24)6-4-3-5-21-28/h3-6,11-14,17-18,23-25,27H,2,7-10,15-16,19-20H2,1H3/b5-3?,6-4?,12-11+/t23-,24-,25-,27-. The van der Waals surface area contributed by atoms with Gasteiger partial charge in [-0.2, -0.15) is 5.26 Å². The van der Waals surface area contributed by atoms with Crippen molar-refractivity contribution >= 4 is 0 Å². The van der Waals surface area contributed by atoms with Gasteiger partial charge < -0.3 is 0 Å². The fraction of sp³-hybridized carbons (Fsp3) is 0.519. The van der Waals surface area contributed by atoms with Gasteiger partial charge in [-0.3, -0.25) is 0 Å². The summed E-state index contributed by atoms with van der Waals surface area (Å²) < 4.78 is 0. The number of nitrogens with zero attached hydrogens (tertiary/aromatic N) is 1. The summed E-state index contributed by atoms with van der Waals surface area (Å²) in [6.45, 7) is 2.23. The first-order chi connectivity index (χ1) is 13.8. The summed E-state index contributed by atoms with van der Waals surface area (Å²) in [5, 5.41) is 8.52. The maximum atomic E-state index is 8.52. The van der Waals surface area contributed by atoms with Crippen LogP contribution in [-0.4, -0.2) is 0 Å². The number of nitriles is 1. The van der Waals surface area contributed by atoms with Gasteiger partial charge in [0.15, 0.2) is 0 Å². The molecule has 0 atom stereocenters. The van der Waals surface area contributed by atoms with E-state index >= 15 is 0 Å². The SMILES string of the molecule is CCc1ccc([C@H]2CC[C@H](/C=C/[C@H]3CC[C@H](C=CC=CC#N)CC3)CC2)cc1. The Labute approximate surface area is 171 Å². The third-order valence-electron chi connectivity index (χ3n) is 6.77. The molecule has 0 aromatic heterocycles. The van der Waals surface area contributed by atoms with Crippen molar-refractivity contribution in [3.63, 3.8) is 0 Å². The van der Waals surface area contributed by atoms with Gasteiger partial charge in [-0.15, -0.1) is 0 Å². The van der Waals surface area contributed by atoms with Crippen molar-refractivity contribution in [1.82, 2.24) is 0 Å². The minimum Gasteiger partial charge on any atom is -0.193 e. The number of benzene rings is 1. The molecule has 3 rings (SSSR count). The molecule has 1 heteroatoms. The fourth-order valence-electron chi connectivity index (χ4n) is 4.83. The van der Waals surface area contributed by atoms with E-state index in [0.717, 1.165) is 24.2 Å². The average Bonchev–Trinajstić information content (AvgIpc) is 2.76. The number of allylic oxidation sites excluding steroid dienone is 6. The molecule has 0 bridgehead atoms. The van der Waals surface area contributed by atoms with Crippen LogP contribution in [-0.2, 0) is 6.42 Å². The molecular weight excluding hydrogens is 338 g/mol. The molecule has 2 fully saturated rings. The van der Waals surface area contributed by atoms with Gasteiger partial charge in [0.05, 0.1) is 6.07 Å². The van der Waals surface area contributed by atoms with E-state index in [1.165, 1.54) is 56.9 Å². The number of rotatable bonds is 6. The molecule has 0 unspecified atom stereocenters. The van der Waals surface area contributed by atoms with E-state index in [1.54, 1.807) is 11.6 Å². The first-order valence-electron chi connectivity index (χ1n) is 11.3. The summed E-state index contributed by atoms with van der Waals surface area (Å²) >= 11 is 0. The van der Waals surface area contributed by atoms with Crippen LogP contribution in [0, 0.1) is 29.1 Å². The second-order valence-electron chi connectivity index (χ2n) is 8.64. The van der Waals surface area contributed by atoms with E-state index < -0.39 is 0 Å². The highest BCUT2D eigenvalue weighted by Crippen LogP contribution is 2.37. The van der Waals surface area contributed by atoms with Crippen LogP contribution >= 0.6 is 0 Å². The van der Waals surface area contributed by atoms with Crippen LogP contribution in [0.2, 0.25) is 0 Å². The van der Waals surface area contributed by atoms with Gasteiger partial charge in [0, 0.05) is 6.08 Å². The third kappa shape index (κ3) is 6.23. The molecular formula is C27H35N. The van der Waals surface area contributed by atoms with Crippen LogP contribution in [0.1, 0.15) is 75.3 Å². The largest absolute Gasteiger partial charge is 0.193 e. The summed E-state index contributed by atoms with van der Waals surface area (Å²) in [6, 6.07) is 11.4. The van der Waals surface area contributed by atoms with Crippen LogP contribution in [0.25, 0.3) is 0 Å². The molecule has 0 spiro atoms. The summed E-state index contributed by atoms with van der Waals surface area (Å²) in [4.78, 5) is 0. The first-order valence-corrected chi connectivity index (χ1v) is 11.3. The third-order valence-corrected chi connectivity index (χ3v) is 6.77. The Morgan fingerprint density at radius 2 is 1.32 bits per heavy atom. The zero-order chi connectivity index (χ0) is 19.6. The van der Waals surface area contributed by atoms with Crippen molar-refractivity contribution in [2.45, 2.75) is 70.6 Å². The Morgan fingerprint density at radius 3 is 1.86 bits per heavy atom. The Balaban J connectivity index is 1.39. The summed E-state index contributed by atoms with van der Waals surface area (Å²) in [5.41, 5.74) is 3.00. The molecule has 148 valence electrons. The van der Waals surface area contributed by atoms with Crippen molar-refractivity contribution in [3.8, 4) is 6.07 Å². The molecule has 0 aliphatic heterocycles.